The summed E-state index contributed by atoms with van der Waals surface area (Å²) in [5.41, 5.74) is 0.0726. The van der Waals surface area contributed by atoms with Gasteiger partial charge in [-0.15, -0.1) is 0 Å². The molecule has 0 aliphatic carbocycles. The minimum absolute atomic E-state index is 0.114. The van der Waals surface area contributed by atoms with Crippen LogP contribution in [0, 0.1) is 16.0 Å². The van der Waals surface area contributed by atoms with Crippen molar-refractivity contribution in [3.05, 3.63) is 39.9 Å². The van der Waals surface area contributed by atoms with Crippen LogP contribution in [0.25, 0.3) is 0 Å². The Morgan fingerprint density at radius 2 is 2.21 bits per heavy atom. The fourth-order valence-electron chi connectivity index (χ4n) is 2.39. The van der Waals surface area contributed by atoms with Crippen molar-refractivity contribution in [1.29, 1.82) is 0 Å². The van der Waals surface area contributed by atoms with E-state index in [-0.39, 0.29) is 17.2 Å². The molecule has 1 aliphatic heterocycles. The average molecular weight is 327 g/mol. The number of halogens is 1. The largest absolute Gasteiger partial charge is 0.338 e. The zero-order valence-electron chi connectivity index (χ0n) is 10.4. The number of benzene rings is 1. The number of carbonyl (C=O) groups is 1. The quantitative estimate of drug-likeness (QED) is 0.485. The fraction of sp³-hybridized carbons (Fsp3) is 0.462. The van der Waals surface area contributed by atoms with Gasteiger partial charge in [-0.05, 0) is 24.8 Å². The smallest absolute Gasteiger partial charge is 0.282 e. The van der Waals surface area contributed by atoms with Crippen LogP contribution in [0.1, 0.15) is 23.2 Å². The molecule has 6 heteroatoms. The minimum Gasteiger partial charge on any atom is -0.338 e. The number of carbonyl (C=O) groups excluding carboxylic acids is 1. The molecule has 1 fully saturated rings. The Morgan fingerprint density at radius 3 is 2.89 bits per heavy atom. The average Bonchev–Trinajstić information content (AvgIpc) is 2.87. The lowest BCUT2D eigenvalue weighted by Crippen LogP contribution is -2.29. The molecular weight excluding hydrogens is 312 g/mol. The highest BCUT2D eigenvalue weighted by atomic mass is 79.9. The second-order valence-electron chi connectivity index (χ2n) is 4.66. The van der Waals surface area contributed by atoms with Crippen molar-refractivity contribution in [2.45, 2.75) is 12.8 Å². The topological polar surface area (TPSA) is 63.4 Å². The van der Waals surface area contributed by atoms with Crippen LogP contribution in [0.4, 0.5) is 5.69 Å². The van der Waals surface area contributed by atoms with Crippen LogP contribution in [0.15, 0.2) is 24.3 Å². The van der Waals surface area contributed by atoms with Gasteiger partial charge in [-0.3, -0.25) is 14.9 Å². The third-order valence-electron chi connectivity index (χ3n) is 3.42. The molecule has 1 saturated heterocycles. The van der Waals surface area contributed by atoms with E-state index in [2.05, 4.69) is 15.9 Å². The predicted octanol–water partition coefficient (Wildman–Crippen LogP) is 2.84. The van der Waals surface area contributed by atoms with E-state index in [1.54, 1.807) is 17.0 Å². The summed E-state index contributed by atoms with van der Waals surface area (Å²) >= 11 is 3.40. The first kappa shape index (κ1) is 14.0. The number of nitro groups is 1. The Labute approximate surface area is 119 Å². The first-order chi connectivity index (χ1) is 9.13. The molecule has 1 atom stereocenters. The molecule has 102 valence electrons. The van der Waals surface area contributed by atoms with Gasteiger partial charge in [-0.25, -0.2) is 0 Å². The number of likely N-dealkylation sites (tertiary alicyclic amines) is 1. The summed E-state index contributed by atoms with van der Waals surface area (Å²) in [6.07, 6.45) is 2.00. The molecule has 0 saturated carbocycles. The number of nitrogens with zero attached hydrogens (tertiary/aromatic N) is 2. The van der Waals surface area contributed by atoms with E-state index in [4.69, 9.17) is 0 Å². The van der Waals surface area contributed by atoms with E-state index >= 15 is 0 Å². The Morgan fingerprint density at radius 1 is 1.47 bits per heavy atom. The molecule has 5 nitrogen and oxygen atoms in total. The van der Waals surface area contributed by atoms with Crippen LogP contribution in [-0.2, 0) is 0 Å². The number of rotatable bonds is 4. The molecule has 1 unspecified atom stereocenters. The van der Waals surface area contributed by atoms with Crippen molar-refractivity contribution in [2.24, 2.45) is 5.92 Å². The molecule has 0 N–H and O–H groups in total. The molecule has 2 rings (SSSR count). The molecule has 1 amide bonds. The maximum Gasteiger partial charge on any atom is 0.282 e. The Kier molecular flexibility index (Phi) is 4.52. The van der Waals surface area contributed by atoms with E-state index < -0.39 is 4.92 Å². The molecule has 19 heavy (non-hydrogen) atoms. The van der Waals surface area contributed by atoms with Crippen molar-refractivity contribution < 1.29 is 9.72 Å². The van der Waals surface area contributed by atoms with Crippen LogP contribution in [0.2, 0.25) is 0 Å². The first-order valence-electron chi connectivity index (χ1n) is 6.22. The molecule has 0 radical (unpaired) electrons. The lowest BCUT2D eigenvalue weighted by atomic mass is 10.1. The van der Waals surface area contributed by atoms with Gasteiger partial charge in [0.25, 0.3) is 11.6 Å². The number of hydrogen-bond donors (Lipinski definition) is 0. The van der Waals surface area contributed by atoms with Gasteiger partial charge >= 0.3 is 0 Å². The third-order valence-corrected chi connectivity index (χ3v) is 3.88. The summed E-state index contributed by atoms with van der Waals surface area (Å²) in [6.45, 7) is 1.37. The van der Waals surface area contributed by atoms with Gasteiger partial charge in [-0.2, -0.15) is 0 Å². The lowest BCUT2D eigenvalue weighted by Gasteiger charge is -2.16. The van der Waals surface area contributed by atoms with Gasteiger partial charge < -0.3 is 4.90 Å². The van der Waals surface area contributed by atoms with Crippen molar-refractivity contribution in [3.8, 4) is 0 Å². The van der Waals surface area contributed by atoms with Gasteiger partial charge in [0.1, 0.15) is 5.56 Å². The summed E-state index contributed by atoms with van der Waals surface area (Å²) in [5.74, 6) is 0.260. The van der Waals surface area contributed by atoms with Crippen LogP contribution in [0.5, 0.6) is 0 Å². The highest BCUT2D eigenvalue weighted by molar-refractivity contribution is 9.09. The monoisotopic (exact) mass is 326 g/mol. The third kappa shape index (κ3) is 3.12. The molecule has 1 heterocycles. The standard InChI is InChI=1S/C13H15BrN2O3/c14-7-5-10-6-8-15(9-10)13(17)11-3-1-2-4-12(11)16(18)19/h1-4,10H,5-9H2. The predicted molar refractivity (Wildman–Crippen MR) is 75.5 cm³/mol. The van der Waals surface area contributed by atoms with Crippen molar-refractivity contribution in [3.63, 3.8) is 0 Å². The Balaban J connectivity index is 2.15. The van der Waals surface area contributed by atoms with Crippen molar-refractivity contribution in [2.75, 3.05) is 18.4 Å². The molecule has 0 bridgehead atoms. The highest BCUT2D eigenvalue weighted by Crippen LogP contribution is 2.25. The molecule has 1 aromatic carbocycles. The SMILES string of the molecule is O=C(c1ccccc1[N+](=O)[O-])N1CCC(CCBr)C1. The van der Waals surface area contributed by atoms with E-state index in [0.29, 0.717) is 19.0 Å². The number of amides is 1. The van der Waals surface area contributed by atoms with Gasteiger partial charge in [0, 0.05) is 24.5 Å². The van der Waals surface area contributed by atoms with Gasteiger partial charge in [0.05, 0.1) is 4.92 Å². The van der Waals surface area contributed by atoms with Crippen LogP contribution < -0.4 is 0 Å². The number of nitro benzene ring substituents is 1. The number of hydrogen-bond acceptors (Lipinski definition) is 3. The zero-order valence-corrected chi connectivity index (χ0v) is 12.0. The summed E-state index contributed by atoms with van der Waals surface area (Å²) < 4.78 is 0. The van der Waals surface area contributed by atoms with Crippen molar-refractivity contribution in [1.82, 2.24) is 4.90 Å². The first-order valence-corrected chi connectivity index (χ1v) is 7.34. The Hall–Kier alpha value is -1.43. The van der Waals surface area contributed by atoms with Crippen LogP contribution in [0.3, 0.4) is 0 Å². The summed E-state index contributed by atoms with van der Waals surface area (Å²) in [4.78, 5) is 24.5. The van der Waals surface area contributed by atoms with Crippen LogP contribution >= 0.6 is 15.9 Å². The molecular formula is C13H15BrN2O3. The molecule has 1 aliphatic rings. The second-order valence-corrected chi connectivity index (χ2v) is 5.45. The van der Waals surface area contributed by atoms with Gasteiger partial charge in [0.2, 0.25) is 0 Å². The molecule has 1 aromatic rings. The summed E-state index contributed by atoms with van der Waals surface area (Å²) in [5, 5.41) is 11.9. The van der Waals surface area contributed by atoms with Gasteiger partial charge in [0.15, 0.2) is 0 Å². The van der Waals surface area contributed by atoms with E-state index in [1.807, 2.05) is 0 Å². The number of alkyl halides is 1. The Bertz CT molecular complexity index is 493. The van der Waals surface area contributed by atoms with Gasteiger partial charge in [-0.1, -0.05) is 28.1 Å². The minimum atomic E-state index is -0.501. The zero-order chi connectivity index (χ0) is 13.8. The lowest BCUT2D eigenvalue weighted by molar-refractivity contribution is -0.385. The second kappa shape index (κ2) is 6.14. The van der Waals surface area contributed by atoms with E-state index in [0.717, 1.165) is 18.2 Å². The molecule has 0 spiro atoms. The van der Waals surface area contributed by atoms with Crippen molar-refractivity contribution >= 4 is 27.5 Å². The highest BCUT2D eigenvalue weighted by Gasteiger charge is 2.29. The summed E-state index contributed by atoms with van der Waals surface area (Å²) in [7, 11) is 0. The van der Waals surface area contributed by atoms with E-state index in [1.165, 1.54) is 12.1 Å². The van der Waals surface area contributed by atoms with E-state index in [9.17, 15) is 14.9 Å². The summed E-state index contributed by atoms with van der Waals surface area (Å²) in [6, 6.07) is 6.14. The fourth-order valence-corrected chi connectivity index (χ4v) is 3.04. The molecule has 0 aromatic heterocycles. The maximum absolute atomic E-state index is 12.3. The van der Waals surface area contributed by atoms with Crippen LogP contribution in [-0.4, -0.2) is 34.2 Å². The maximum atomic E-state index is 12.3. The normalized spacial score (nSPS) is 18.6. The number of para-hydroxylation sites is 1.